The summed E-state index contributed by atoms with van der Waals surface area (Å²) in [7, 11) is 1.50. The summed E-state index contributed by atoms with van der Waals surface area (Å²) in [5.41, 5.74) is 0. The van der Waals surface area contributed by atoms with E-state index in [2.05, 4.69) is 17.5 Å². The van der Waals surface area contributed by atoms with Gasteiger partial charge in [-0.25, -0.2) is 0 Å². The van der Waals surface area contributed by atoms with Crippen LogP contribution < -0.4 is 5.32 Å². The second-order valence-electron chi connectivity index (χ2n) is 5.90. The molecule has 0 bridgehead atoms. The van der Waals surface area contributed by atoms with Crippen LogP contribution in [0, 0.1) is 5.92 Å². The summed E-state index contributed by atoms with van der Waals surface area (Å²) in [6, 6.07) is 0.385. The maximum absolute atomic E-state index is 12.1. The zero-order chi connectivity index (χ0) is 13.5. The third kappa shape index (κ3) is 4.34. The zero-order valence-corrected chi connectivity index (χ0v) is 12.1. The second-order valence-corrected chi connectivity index (χ2v) is 5.90. The molecule has 2 aliphatic rings. The van der Waals surface area contributed by atoms with Crippen molar-refractivity contribution in [1.82, 2.24) is 5.32 Å². The van der Waals surface area contributed by atoms with Gasteiger partial charge in [-0.3, -0.25) is 4.79 Å². The van der Waals surface area contributed by atoms with Gasteiger partial charge in [-0.2, -0.15) is 0 Å². The third-order valence-electron chi connectivity index (χ3n) is 4.51. The van der Waals surface area contributed by atoms with Gasteiger partial charge in [0.05, 0.1) is 7.11 Å². The zero-order valence-electron chi connectivity index (χ0n) is 12.1. The van der Waals surface area contributed by atoms with Crippen molar-refractivity contribution in [3.63, 3.8) is 0 Å². The largest absolute Gasteiger partial charge is 0.468 e. The van der Waals surface area contributed by atoms with E-state index in [1.807, 2.05) is 0 Å². The van der Waals surface area contributed by atoms with E-state index in [1.54, 1.807) is 0 Å². The van der Waals surface area contributed by atoms with E-state index in [0.29, 0.717) is 12.0 Å². The molecule has 1 N–H and O–H groups in total. The second kappa shape index (κ2) is 7.68. The summed E-state index contributed by atoms with van der Waals surface area (Å²) < 4.78 is 5.01. The number of ether oxygens (including phenoxy) is 1. The van der Waals surface area contributed by atoms with Gasteiger partial charge in [-0.15, -0.1) is 0 Å². The Labute approximate surface area is 116 Å². The van der Waals surface area contributed by atoms with Gasteiger partial charge < -0.3 is 10.1 Å². The van der Waals surface area contributed by atoms with Gasteiger partial charge >= 0.3 is 5.97 Å². The maximum atomic E-state index is 12.1. The molecule has 2 aliphatic carbocycles. The predicted octanol–water partition coefficient (Wildman–Crippen LogP) is 3.20. The lowest BCUT2D eigenvalue weighted by Gasteiger charge is -2.30. The molecule has 1 fully saturated rings. The van der Waals surface area contributed by atoms with Crippen molar-refractivity contribution in [1.29, 1.82) is 0 Å². The lowest BCUT2D eigenvalue weighted by Crippen LogP contribution is -2.48. The molecule has 19 heavy (non-hydrogen) atoms. The van der Waals surface area contributed by atoms with Crippen LogP contribution in [0.15, 0.2) is 12.2 Å². The van der Waals surface area contributed by atoms with Gasteiger partial charge in [-0.05, 0) is 38.0 Å². The molecular formula is C16H27NO2. The van der Waals surface area contributed by atoms with Crippen molar-refractivity contribution < 1.29 is 9.53 Å². The molecule has 0 heterocycles. The maximum Gasteiger partial charge on any atom is 0.323 e. The fraction of sp³-hybridized carbons (Fsp3) is 0.812. The lowest BCUT2D eigenvalue weighted by atomic mass is 9.87. The first kappa shape index (κ1) is 14.6. The molecule has 2 rings (SSSR count). The van der Waals surface area contributed by atoms with Gasteiger partial charge in [0, 0.05) is 6.04 Å². The number of methoxy groups -OCH3 is 1. The Morgan fingerprint density at radius 1 is 1.16 bits per heavy atom. The number of hydrogen-bond donors (Lipinski definition) is 1. The van der Waals surface area contributed by atoms with Crippen LogP contribution in [-0.4, -0.2) is 25.2 Å². The predicted molar refractivity (Wildman–Crippen MR) is 76.9 cm³/mol. The summed E-state index contributed by atoms with van der Waals surface area (Å²) >= 11 is 0. The third-order valence-corrected chi connectivity index (χ3v) is 4.51. The monoisotopic (exact) mass is 265 g/mol. The highest BCUT2D eigenvalue weighted by atomic mass is 16.5. The van der Waals surface area contributed by atoms with Crippen LogP contribution in [-0.2, 0) is 9.53 Å². The molecule has 0 amide bonds. The fourth-order valence-electron chi connectivity index (χ4n) is 3.34. The minimum atomic E-state index is -0.113. The highest BCUT2D eigenvalue weighted by Gasteiger charge is 2.31. The molecule has 0 aliphatic heterocycles. The molecule has 0 saturated heterocycles. The molecule has 2 unspecified atom stereocenters. The van der Waals surface area contributed by atoms with E-state index in [9.17, 15) is 4.79 Å². The summed E-state index contributed by atoms with van der Waals surface area (Å²) in [6.45, 7) is 0. The smallest absolute Gasteiger partial charge is 0.323 e. The number of carbonyl (C=O) groups is 1. The molecule has 0 spiro atoms. The summed E-state index contributed by atoms with van der Waals surface area (Å²) in [5.74, 6) is 0.324. The summed E-state index contributed by atoms with van der Waals surface area (Å²) in [6.07, 6.45) is 15.3. The first-order valence-electron chi connectivity index (χ1n) is 7.80. The topological polar surface area (TPSA) is 38.3 Å². The Morgan fingerprint density at radius 3 is 2.47 bits per heavy atom. The highest BCUT2D eigenvalue weighted by molar-refractivity contribution is 5.76. The first-order chi connectivity index (χ1) is 9.31. The van der Waals surface area contributed by atoms with Gasteiger partial charge in [0.1, 0.15) is 6.04 Å². The van der Waals surface area contributed by atoms with Gasteiger partial charge in [-0.1, -0.05) is 37.8 Å². The molecule has 0 aromatic carbocycles. The van der Waals surface area contributed by atoms with E-state index in [0.717, 1.165) is 19.3 Å². The molecule has 2 atom stereocenters. The highest BCUT2D eigenvalue weighted by Crippen LogP contribution is 2.25. The summed E-state index contributed by atoms with van der Waals surface area (Å²) in [5, 5.41) is 3.61. The van der Waals surface area contributed by atoms with E-state index in [-0.39, 0.29) is 12.0 Å². The minimum absolute atomic E-state index is 0.0791. The van der Waals surface area contributed by atoms with Crippen LogP contribution in [0.25, 0.3) is 0 Å². The van der Waals surface area contributed by atoms with Crippen LogP contribution in [0.4, 0.5) is 0 Å². The average Bonchev–Trinajstić information content (AvgIpc) is 2.73. The van der Waals surface area contributed by atoms with Crippen molar-refractivity contribution in [2.75, 3.05) is 7.11 Å². The Balaban J connectivity index is 1.96. The van der Waals surface area contributed by atoms with Crippen molar-refractivity contribution in [2.24, 2.45) is 5.92 Å². The van der Waals surface area contributed by atoms with Crippen LogP contribution in [0.1, 0.15) is 57.8 Å². The quantitative estimate of drug-likeness (QED) is 0.482. The number of allylic oxidation sites excluding steroid dienone is 2. The number of carbonyl (C=O) groups excluding carboxylic acids is 1. The van der Waals surface area contributed by atoms with Crippen LogP contribution in [0.5, 0.6) is 0 Å². The number of rotatable bonds is 4. The van der Waals surface area contributed by atoms with Crippen LogP contribution >= 0.6 is 0 Å². The molecule has 1 saturated carbocycles. The molecule has 0 aromatic rings. The SMILES string of the molecule is COC(=O)C(NC1CCCCCC1)C1CC=CCC1. The Morgan fingerprint density at radius 2 is 1.89 bits per heavy atom. The van der Waals surface area contributed by atoms with E-state index in [4.69, 9.17) is 4.74 Å². The molecule has 0 radical (unpaired) electrons. The van der Waals surface area contributed by atoms with Gasteiger partial charge in [0.25, 0.3) is 0 Å². The number of esters is 1. The Kier molecular flexibility index (Phi) is 5.90. The summed E-state index contributed by atoms with van der Waals surface area (Å²) in [4.78, 5) is 12.1. The first-order valence-corrected chi connectivity index (χ1v) is 7.80. The van der Waals surface area contributed by atoms with E-state index in [1.165, 1.54) is 45.6 Å². The van der Waals surface area contributed by atoms with Crippen molar-refractivity contribution in [3.05, 3.63) is 12.2 Å². The molecule has 0 aromatic heterocycles. The van der Waals surface area contributed by atoms with Crippen LogP contribution in [0.3, 0.4) is 0 Å². The van der Waals surface area contributed by atoms with Crippen molar-refractivity contribution >= 4 is 5.97 Å². The minimum Gasteiger partial charge on any atom is -0.468 e. The normalized spacial score (nSPS) is 26.7. The van der Waals surface area contributed by atoms with Crippen molar-refractivity contribution in [2.45, 2.75) is 69.9 Å². The van der Waals surface area contributed by atoms with Crippen LogP contribution in [0.2, 0.25) is 0 Å². The van der Waals surface area contributed by atoms with Gasteiger partial charge in [0.2, 0.25) is 0 Å². The number of nitrogens with one attached hydrogen (secondary N) is 1. The molecule has 108 valence electrons. The fourth-order valence-corrected chi connectivity index (χ4v) is 3.34. The van der Waals surface area contributed by atoms with Crippen molar-refractivity contribution in [3.8, 4) is 0 Å². The molecule has 3 heteroatoms. The Hall–Kier alpha value is -0.830. The van der Waals surface area contributed by atoms with Gasteiger partial charge in [0.15, 0.2) is 0 Å². The molecule has 3 nitrogen and oxygen atoms in total. The number of hydrogen-bond acceptors (Lipinski definition) is 3. The Bertz CT molecular complexity index is 306. The standard InChI is InChI=1S/C16H27NO2/c1-19-16(18)15(13-9-5-4-6-10-13)17-14-11-7-2-3-8-12-14/h4-5,13-15,17H,2-3,6-12H2,1H3. The van der Waals surface area contributed by atoms with E-state index >= 15 is 0 Å². The average molecular weight is 265 g/mol. The lowest BCUT2D eigenvalue weighted by molar-refractivity contribution is -0.145. The molecular weight excluding hydrogens is 238 g/mol. The van der Waals surface area contributed by atoms with E-state index < -0.39 is 0 Å².